The Balaban J connectivity index is 1.37. The van der Waals surface area contributed by atoms with Gasteiger partial charge in [-0.2, -0.15) is 0 Å². The molecular formula is C29H29N3O4. The lowest BCUT2D eigenvalue weighted by molar-refractivity contribution is -0.119. The Morgan fingerprint density at radius 2 is 1.39 bits per heavy atom. The zero-order valence-corrected chi connectivity index (χ0v) is 20.4. The number of benzene rings is 3. The van der Waals surface area contributed by atoms with Crippen molar-refractivity contribution in [1.29, 1.82) is 0 Å². The van der Waals surface area contributed by atoms with E-state index in [4.69, 9.17) is 0 Å². The van der Waals surface area contributed by atoms with Crippen molar-refractivity contribution >= 4 is 35.4 Å². The van der Waals surface area contributed by atoms with E-state index >= 15 is 0 Å². The molecule has 7 nitrogen and oxygen atoms in total. The maximum atomic E-state index is 13.0. The molecule has 7 heteroatoms. The molecule has 0 radical (unpaired) electrons. The zero-order valence-electron chi connectivity index (χ0n) is 20.4. The number of hydrogen-bond donors (Lipinski definition) is 2. The van der Waals surface area contributed by atoms with Crippen LogP contribution in [0.4, 0.5) is 16.2 Å². The highest BCUT2D eigenvalue weighted by molar-refractivity contribution is 6.33. The molecule has 1 fully saturated rings. The lowest BCUT2D eigenvalue weighted by Gasteiger charge is -2.24. The molecule has 0 bridgehead atoms. The number of Topliss-reactive ketones (excluding diaryl/α,β-unsaturated/α-hetero) is 1. The van der Waals surface area contributed by atoms with Gasteiger partial charge in [-0.15, -0.1) is 0 Å². The summed E-state index contributed by atoms with van der Waals surface area (Å²) in [4.78, 5) is 49.6. The van der Waals surface area contributed by atoms with Gasteiger partial charge < -0.3 is 15.5 Å². The van der Waals surface area contributed by atoms with Crippen LogP contribution in [0.15, 0.2) is 72.8 Å². The number of anilines is 2. The summed E-state index contributed by atoms with van der Waals surface area (Å²) in [7, 11) is 0. The van der Waals surface area contributed by atoms with Crippen LogP contribution in [0.1, 0.15) is 48.5 Å². The average molecular weight is 484 g/mol. The molecule has 0 saturated carbocycles. The number of nitrogens with zero attached hydrogens (tertiary/aromatic N) is 1. The molecule has 0 aliphatic carbocycles. The summed E-state index contributed by atoms with van der Waals surface area (Å²) >= 11 is 0. The van der Waals surface area contributed by atoms with Crippen molar-refractivity contribution in [2.75, 3.05) is 17.2 Å². The molecule has 0 spiro atoms. The molecule has 1 heterocycles. The molecular weight excluding hydrogens is 454 g/mol. The first kappa shape index (κ1) is 24.9. The van der Waals surface area contributed by atoms with Gasteiger partial charge in [0.1, 0.15) is 6.04 Å². The summed E-state index contributed by atoms with van der Waals surface area (Å²) in [5.74, 6) is -0.365. The predicted molar refractivity (Wildman–Crippen MR) is 140 cm³/mol. The van der Waals surface area contributed by atoms with Crippen LogP contribution < -0.4 is 10.6 Å². The minimum absolute atomic E-state index is 0.220. The van der Waals surface area contributed by atoms with E-state index in [-0.39, 0.29) is 11.9 Å². The second-order valence-corrected chi connectivity index (χ2v) is 9.18. The molecule has 0 aromatic heterocycles. The Kier molecular flexibility index (Phi) is 7.59. The number of nitrogens with one attached hydrogen (secondary N) is 2. The summed E-state index contributed by atoms with van der Waals surface area (Å²) in [5.41, 5.74) is 4.67. The number of rotatable bonds is 7. The van der Waals surface area contributed by atoms with Crippen LogP contribution in [0.5, 0.6) is 0 Å². The van der Waals surface area contributed by atoms with Gasteiger partial charge in [0.05, 0.1) is 0 Å². The summed E-state index contributed by atoms with van der Waals surface area (Å²) in [6.45, 7) is 4.76. The van der Waals surface area contributed by atoms with Gasteiger partial charge in [-0.25, -0.2) is 4.79 Å². The lowest BCUT2D eigenvalue weighted by atomic mass is 10.0. The first-order chi connectivity index (χ1) is 17.4. The SMILES string of the molecule is CC(C)c1ccc(NC(=O)N2CCCC2C(=O)Nc2ccc(-c3ccc(C(=O)C=O)cc3)cc2)cc1. The molecule has 2 N–H and O–H groups in total. The molecule has 1 aliphatic heterocycles. The fourth-order valence-electron chi connectivity index (χ4n) is 4.30. The summed E-state index contributed by atoms with van der Waals surface area (Å²) in [6, 6.07) is 21.0. The highest BCUT2D eigenvalue weighted by Gasteiger charge is 2.34. The number of amides is 3. The lowest BCUT2D eigenvalue weighted by Crippen LogP contribution is -2.45. The monoisotopic (exact) mass is 483 g/mol. The van der Waals surface area contributed by atoms with Gasteiger partial charge in [0.25, 0.3) is 0 Å². The Hall–Kier alpha value is -4.26. The highest BCUT2D eigenvalue weighted by Crippen LogP contribution is 2.25. The van der Waals surface area contributed by atoms with Crippen LogP contribution in [-0.4, -0.2) is 41.5 Å². The smallest absolute Gasteiger partial charge is 0.322 e. The third-order valence-corrected chi connectivity index (χ3v) is 6.41. The quantitative estimate of drug-likeness (QED) is 0.264. The van der Waals surface area contributed by atoms with Crippen LogP contribution in [0.25, 0.3) is 11.1 Å². The summed E-state index contributed by atoms with van der Waals surface area (Å²) < 4.78 is 0. The van der Waals surface area contributed by atoms with Crippen LogP contribution in [0.2, 0.25) is 0 Å². The second kappa shape index (κ2) is 11.0. The van der Waals surface area contributed by atoms with Crippen molar-refractivity contribution in [1.82, 2.24) is 4.90 Å². The predicted octanol–water partition coefficient (Wildman–Crippen LogP) is 5.49. The summed E-state index contributed by atoms with van der Waals surface area (Å²) in [5, 5.41) is 5.82. The second-order valence-electron chi connectivity index (χ2n) is 9.18. The van der Waals surface area contributed by atoms with Crippen LogP contribution in [0, 0.1) is 0 Å². The molecule has 36 heavy (non-hydrogen) atoms. The van der Waals surface area contributed by atoms with Gasteiger partial charge in [0.2, 0.25) is 11.7 Å². The fraction of sp³-hybridized carbons (Fsp3) is 0.241. The van der Waals surface area contributed by atoms with Crippen LogP contribution in [-0.2, 0) is 9.59 Å². The van der Waals surface area contributed by atoms with E-state index < -0.39 is 11.8 Å². The van der Waals surface area contributed by atoms with E-state index in [1.165, 1.54) is 5.56 Å². The van der Waals surface area contributed by atoms with Crippen molar-refractivity contribution in [3.63, 3.8) is 0 Å². The molecule has 184 valence electrons. The molecule has 1 aliphatic rings. The molecule has 3 amide bonds. The van der Waals surface area contributed by atoms with Crippen molar-refractivity contribution in [3.05, 3.63) is 83.9 Å². The van der Waals surface area contributed by atoms with Gasteiger partial charge in [-0.05, 0) is 59.7 Å². The molecule has 1 atom stereocenters. The molecule has 1 unspecified atom stereocenters. The average Bonchev–Trinajstić information content (AvgIpc) is 3.40. The van der Waals surface area contributed by atoms with Crippen molar-refractivity contribution in [2.45, 2.75) is 38.6 Å². The van der Waals surface area contributed by atoms with E-state index in [0.717, 1.165) is 17.5 Å². The molecule has 3 aromatic carbocycles. The van der Waals surface area contributed by atoms with Gasteiger partial charge in [-0.3, -0.25) is 14.4 Å². The number of urea groups is 1. The molecule has 3 aromatic rings. The molecule has 1 saturated heterocycles. The van der Waals surface area contributed by atoms with Gasteiger partial charge in [0, 0.05) is 23.5 Å². The number of aldehydes is 1. The molecule has 4 rings (SSSR count). The normalized spacial score (nSPS) is 15.0. The van der Waals surface area contributed by atoms with E-state index in [1.54, 1.807) is 41.3 Å². The minimum atomic E-state index is -0.557. The Morgan fingerprint density at radius 1 is 0.833 bits per heavy atom. The maximum absolute atomic E-state index is 13.0. The first-order valence-corrected chi connectivity index (χ1v) is 12.0. The third-order valence-electron chi connectivity index (χ3n) is 6.41. The fourth-order valence-corrected chi connectivity index (χ4v) is 4.30. The summed E-state index contributed by atoms with van der Waals surface area (Å²) in [6.07, 6.45) is 1.67. The number of carbonyl (C=O) groups is 4. The number of likely N-dealkylation sites (tertiary alicyclic amines) is 1. The van der Waals surface area contributed by atoms with Crippen LogP contribution >= 0.6 is 0 Å². The highest BCUT2D eigenvalue weighted by atomic mass is 16.2. The third kappa shape index (κ3) is 5.68. The standard InChI is InChI=1S/C29H29N3O4/c1-19(2)20-9-13-25(14-10-20)31-29(36)32-17-3-4-26(32)28(35)30-24-15-11-22(12-16-24)21-5-7-23(8-6-21)27(34)18-33/h5-16,18-19,26H,3-4,17H2,1-2H3,(H,30,35)(H,31,36). The van der Waals surface area contributed by atoms with Gasteiger partial charge >= 0.3 is 6.03 Å². The number of hydrogen-bond acceptors (Lipinski definition) is 4. The Morgan fingerprint density at radius 3 is 1.97 bits per heavy atom. The largest absolute Gasteiger partial charge is 0.324 e. The van der Waals surface area contributed by atoms with Crippen molar-refractivity contribution < 1.29 is 19.2 Å². The van der Waals surface area contributed by atoms with E-state index in [1.807, 2.05) is 36.4 Å². The van der Waals surface area contributed by atoms with Crippen molar-refractivity contribution in [3.8, 4) is 11.1 Å². The first-order valence-electron chi connectivity index (χ1n) is 12.0. The van der Waals surface area contributed by atoms with Crippen molar-refractivity contribution in [2.24, 2.45) is 0 Å². The van der Waals surface area contributed by atoms with Gasteiger partial charge in [-0.1, -0.05) is 62.4 Å². The van der Waals surface area contributed by atoms with Crippen LogP contribution in [0.3, 0.4) is 0 Å². The van der Waals surface area contributed by atoms with E-state index in [9.17, 15) is 19.2 Å². The van der Waals surface area contributed by atoms with E-state index in [0.29, 0.717) is 42.1 Å². The topological polar surface area (TPSA) is 95.6 Å². The van der Waals surface area contributed by atoms with Gasteiger partial charge in [0.15, 0.2) is 6.29 Å². The maximum Gasteiger partial charge on any atom is 0.322 e. The van der Waals surface area contributed by atoms with E-state index in [2.05, 4.69) is 24.5 Å². The minimum Gasteiger partial charge on any atom is -0.324 e. The Labute approximate surface area is 210 Å². The Bertz CT molecular complexity index is 1250. The zero-order chi connectivity index (χ0) is 25.7. The number of ketones is 1. The number of carbonyl (C=O) groups excluding carboxylic acids is 4.